The van der Waals surface area contributed by atoms with Crippen LogP contribution < -0.4 is 9.64 Å². The Balaban J connectivity index is 1.50. The quantitative estimate of drug-likeness (QED) is 0.183. The van der Waals surface area contributed by atoms with Crippen LogP contribution in [0.15, 0.2) is 83.0 Å². The number of anilines is 1. The molecular formula is C24H18BrN3O4S. The third kappa shape index (κ3) is 4.79. The third-order valence-corrected chi connectivity index (χ3v) is 6.15. The largest absolute Gasteiger partial charge is 0.488 e. The van der Waals surface area contributed by atoms with Crippen LogP contribution in [0.5, 0.6) is 5.75 Å². The minimum Gasteiger partial charge on any atom is -0.488 e. The first kappa shape index (κ1) is 22.6. The molecule has 0 spiro atoms. The highest BCUT2D eigenvalue weighted by atomic mass is 79.9. The number of ether oxygens (including phenoxy) is 1. The lowest BCUT2D eigenvalue weighted by Crippen LogP contribution is -2.30. The Labute approximate surface area is 204 Å². The summed E-state index contributed by atoms with van der Waals surface area (Å²) in [5.41, 5.74) is 2.84. The number of carbonyl (C=O) groups excluding carboxylic acids is 1. The Morgan fingerprint density at radius 3 is 2.42 bits per heavy atom. The van der Waals surface area contributed by atoms with E-state index in [4.69, 9.17) is 17.0 Å². The smallest absolute Gasteiger partial charge is 0.281 e. The number of benzene rings is 3. The van der Waals surface area contributed by atoms with Gasteiger partial charge in [0.2, 0.25) is 0 Å². The lowest BCUT2D eigenvalue weighted by molar-refractivity contribution is -0.384. The van der Waals surface area contributed by atoms with Gasteiger partial charge in [0.1, 0.15) is 18.1 Å². The van der Waals surface area contributed by atoms with E-state index in [1.807, 2.05) is 42.5 Å². The second kappa shape index (κ2) is 9.51. The van der Waals surface area contributed by atoms with Gasteiger partial charge in [-0.2, -0.15) is 0 Å². The van der Waals surface area contributed by atoms with Crippen LogP contribution in [0.1, 0.15) is 11.1 Å². The number of para-hydroxylation sites is 1. The summed E-state index contributed by atoms with van der Waals surface area (Å²) in [7, 11) is 1.77. The molecule has 9 heteroatoms. The zero-order valence-electron chi connectivity index (χ0n) is 17.5. The molecule has 3 aromatic rings. The van der Waals surface area contributed by atoms with E-state index >= 15 is 0 Å². The fourth-order valence-corrected chi connectivity index (χ4v) is 4.12. The number of nitro groups is 1. The van der Waals surface area contributed by atoms with E-state index < -0.39 is 4.92 Å². The van der Waals surface area contributed by atoms with Gasteiger partial charge in [-0.25, -0.2) is 0 Å². The molecule has 1 amide bonds. The van der Waals surface area contributed by atoms with Gasteiger partial charge < -0.3 is 9.64 Å². The van der Waals surface area contributed by atoms with E-state index in [0.717, 1.165) is 16.8 Å². The number of carbonyl (C=O) groups is 1. The van der Waals surface area contributed by atoms with Crippen LogP contribution in [-0.2, 0) is 11.4 Å². The summed E-state index contributed by atoms with van der Waals surface area (Å²) < 4.78 is 6.56. The molecule has 1 heterocycles. The van der Waals surface area contributed by atoms with Gasteiger partial charge >= 0.3 is 0 Å². The molecule has 1 aliphatic rings. The van der Waals surface area contributed by atoms with Crippen molar-refractivity contribution >= 4 is 56.6 Å². The molecule has 0 aliphatic carbocycles. The topological polar surface area (TPSA) is 75.9 Å². The first-order valence-electron chi connectivity index (χ1n) is 9.90. The standard InChI is InChI=1S/C24H18BrN3O4S/c1-26-21(23(29)27(24(26)33)18-5-3-2-4-6-18)14-17-9-12-22(20(25)13-17)32-15-16-7-10-19(11-8-16)28(30)31/h2-14H,15H2,1H3/b21-14-. The summed E-state index contributed by atoms with van der Waals surface area (Å²) in [6.45, 7) is 0.262. The minimum atomic E-state index is -0.438. The van der Waals surface area contributed by atoms with Gasteiger partial charge in [-0.1, -0.05) is 24.3 Å². The second-order valence-corrected chi connectivity index (χ2v) is 8.47. The van der Waals surface area contributed by atoms with Crippen LogP contribution in [0.25, 0.3) is 6.08 Å². The van der Waals surface area contributed by atoms with E-state index in [9.17, 15) is 14.9 Å². The zero-order chi connectivity index (χ0) is 23.5. The molecule has 0 atom stereocenters. The van der Waals surface area contributed by atoms with E-state index in [1.165, 1.54) is 17.0 Å². The molecule has 3 aromatic carbocycles. The van der Waals surface area contributed by atoms with Crippen molar-refractivity contribution < 1.29 is 14.5 Å². The van der Waals surface area contributed by atoms with Crippen LogP contribution in [0.4, 0.5) is 11.4 Å². The first-order valence-corrected chi connectivity index (χ1v) is 11.1. The maximum absolute atomic E-state index is 13.1. The Morgan fingerprint density at radius 1 is 1.09 bits per heavy atom. The highest BCUT2D eigenvalue weighted by Gasteiger charge is 2.36. The fourth-order valence-electron chi connectivity index (χ4n) is 3.32. The molecule has 0 bridgehead atoms. The van der Waals surface area contributed by atoms with Crippen LogP contribution in [-0.4, -0.2) is 27.9 Å². The number of nitro benzene ring substituents is 1. The van der Waals surface area contributed by atoms with Crippen LogP contribution in [0, 0.1) is 10.1 Å². The van der Waals surface area contributed by atoms with Gasteiger partial charge in [-0.05, 0) is 81.7 Å². The Morgan fingerprint density at radius 2 is 1.79 bits per heavy atom. The van der Waals surface area contributed by atoms with Gasteiger partial charge in [-0.15, -0.1) is 0 Å². The van der Waals surface area contributed by atoms with Crippen LogP contribution >= 0.6 is 28.1 Å². The van der Waals surface area contributed by atoms with Gasteiger partial charge in [0.05, 0.1) is 15.1 Å². The Bertz CT molecular complexity index is 1260. The fraction of sp³-hybridized carbons (Fsp3) is 0.0833. The molecule has 0 saturated carbocycles. The molecule has 0 aromatic heterocycles. The summed E-state index contributed by atoms with van der Waals surface area (Å²) in [5.74, 6) is 0.423. The molecule has 4 rings (SSSR count). The average molecular weight is 524 g/mol. The molecule has 1 saturated heterocycles. The van der Waals surface area contributed by atoms with Crippen molar-refractivity contribution in [2.24, 2.45) is 0 Å². The normalized spacial score (nSPS) is 14.8. The maximum Gasteiger partial charge on any atom is 0.281 e. The molecule has 0 radical (unpaired) electrons. The van der Waals surface area contributed by atoms with E-state index in [2.05, 4.69) is 15.9 Å². The van der Waals surface area contributed by atoms with Gasteiger partial charge in [-0.3, -0.25) is 19.8 Å². The zero-order valence-corrected chi connectivity index (χ0v) is 19.9. The molecule has 1 fully saturated rings. The molecule has 33 heavy (non-hydrogen) atoms. The predicted molar refractivity (Wildman–Crippen MR) is 134 cm³/mol. The number of nitrogens with zero attached hydrogens (tertiary/aromatic N) is 3. The number of halogens is 1. The molecule has 1 aliphatic heterocycles. The van der Waals surface area contributed by atoms with Crippen molar-refractivity contribution in [2.45, 2.75) is 6.61 Å². The van der Waals surface area contributed by atoms with Crippen molar-refractivity contribution in [2.75, 3.05) is 11.9 Å². The Hall–Kier alpha value is -3.56. The first-order chi connectivity index (χ1) is 15.8. The summed E-state index contributed by atoms with van der Waals surface area (Å²) in [6, 6.07) is 21.0. The van der Waals surface area contributed by atoms with Crippen molar-refractivity contribution in [3.63, 3.8) is 0 Å². The lowest BCUT2D eigenvalue weighted by atomic mass is 10.1. The second-order valence-electron chi connectivity index (χ2n) is 7.25. The van der Waals surface area contributed by atoms with Gasteiger partial charge in [0, 0.05) is 19.2 Å². The van der Waals surface area contributed by atoms with Crippen molar-refractivity contribution in [3.8, 4) is 5.75 Å². The number of hydrogen-bond donors (Lipinski definition) is 0. The molecule has 166 valence electrons. The minimum absolute atomic E-state index is 0.0362. The summed E-state index contributed by atoms with van der Waals surface area (Å²) in [4.78, 5) is 26.6. The summed E-state index contributed by atoms with van der Waals surface area (Å²) in [5, 5.41) is 11.2. The molecule has 0 N–H and O–H groups in total. The molecule has 0 unspecified atom stereocenters. The van der Waals surface area contributed by atoms with Gasteiger partial charge in [0.25, 0.3) is 11.6 Å². The SMILES string of the molecule is CN1C(=S)N(c2ccccc2)C(=O)/C1=C/c1ccc(OCc2ccc([N+](=O)[O-])cc2)c(Br)c1. The van der Waals surface area contributed by atoms with E-state index in [0.29, 0.717) is 21.0 Å². The third-order valence-electron chi connectivity index (χ3n) is 5.08. The maximum atomic E-state index is 13.1. The average Bonchev–Trinajstić information content (AvgIpc) is 3.02. The number of thiocarbonyl (C=S) groups is 1. The van der Waals surface area contributed by atoms with Crippen molar-refractivity contribution in [1.29, 1.82) is 0 Å². The number of non-ortho nitro benzene ring substituents is 1. The highest BCUT2D eigenvalue weighted by Crippen LogP contribution is 2.31. The van der Waals surface area contributed by atoms with E-state index in [1.54, 1.807) is 36.2 Å². The number of amides is 1. The van der Waals surface area contributed by atoms with E-state index in [-0.39, 0.29) is 18.2 Å². The van der Waals surface area contributed by atoms with Gasteiger partial charge in [0.15, 0.2) is 5.11 Å². The molecule has 7 nitrogen and oxygen atoms in total. The number of rotatable bonds is 6. The highest BCUT2D eigenvalue weighted by molar-refractivity contribution is 9.10. The predicted octanol–water partition coefficient (Wildman–Crippen LogP) is 5.54. The Kier molecular flexibility index (Phi) is 6.52. The summed E-state index contributed by atoms with van der Waals surface area (Å²) >= 11 is 9.00. The summed E-state index contributed by atoms with van der Waals surface area (Å²) in [6.07, 6.45) is 1.78. The lowest BCUT2D eigenvalue weighted by Gasteiger charge is -2.16. The van der Waals surface area contributed by atoms with Crippen molar-refractivity contribution in [1.82, 2.24) is 4.90 Å². The molecular weight excluding hydrogens is 506 g/mol. The van der Waals surface area contributed by atoms with Crippen molar-refractivity contribution in [3.05, 3.63) is 104 Å². The number of hydrogen-bond acceptors (Lipinski definition) is 5. The monoisotopic (exact) mass is 523 g/mol. The van der Waals surface area contributed by atoms with Crippen LogP contribution in [0.3, 0.4) is 0 Å². The number of likely N-dealkylation sites (N-methyl/N-ethyl adjacent to an activating group) is 1. The van der Waals surface area contributed by atoms with Crippen LogP contribution in [0.2, 0.25) is 0 Å².